The Kier molecular flexibility index (Phi) is 6.01. The van der Waals surface area contributed by atoms with Crippen molar-refractivity contribution >= 4 is 12.1 Å². The first-order valence-electron chi connectivity index (χ1n) is 8.20. The summed E-state index contributed by atoms with van der Waals surface area (Å²) in [6.45, 7) is 5.70. The first kappa shape index (κ1) is 18.0. The van der Waals surface area contributed by atoms with Gasteiger partial charge in [0.05, 0.1) is 5.92 Å². The third-order valence-corrected chi connectivity index (χ3v) is 3.66. The SMILES string of the molecule is CC(C)(C)OC(=O)[C@H]1CC=CC[C@@H]1NC(=O)OCc1ccccc1. The molecule has 0 fully saturated rings. The van der Waals surface area contributed by atoms with Gasteiger partial charge in [0.25, 0.3) is 0 Å². The zero-order valence-corrected chi connectivity index (χ0v) is 14.5. The van der Waals surface area contributed by atoms with E-state index < -0.39 is 17.6 Å². The first-order valence-corrected chi connectivity index (χ1v) is 8.20. The summed E-state index contributed by atoms with van der Waals surface area (Å²) >= 11 is 0. The van der Waals surface area contributed by atoms with Gasteiger partial charge in [-0.15, -0.1) is 0 Å². The number of hydrogen-bond acceptors (Lipinski definition) is 4. The summed E-state index contributed by atoms with van der Waals surface area (Å²) in [5.41, 5.74) is 0.372. The summed E-state index contributed by atoms with van der Waals surface area (Å²) in [6.07, 6.45) is 4.53. The second-order valence-corrected chi connectivity index (χ2v) is 6.90. The highest BCUT2D eigenvalue weighted by molar-refractivity contribution is 5.76. The maximum Gasteiger partial charge on any atom is 0.407 e. The fourth-order valence-electron chi connectivity index (χ4n) is 2.53. The first-order chi connectivity index (χ1) is 11.3. The van der Waals surface area contributed by atoms with Crippen molar-refractivity contribution in [2.24, 2.45) is 5.92 Å². The van der Waals surface area contributed by atoms with Crippen molar-refractivity contribution in [3.63, 3.8) is 0 Å². The van der Waals surface area contributed by atoms with Crippen LogP contribution in [0.25, 0.3) is 0 Å². The number of nitrogens with one attached hydrogen (secondary N) is 1. The van der Waals surface area contributed by atoms with Crippen molar-refractivity contribution in [2.75, 3.05) is 0 Å². The van der Waals surface area contributed by atoms with Gasteiger partial charge < -0.3 is 14.8 Å². The Morgan fingerprint density at radius 3 is 2.46 bits per heavy atom. The van der Waals surface area contributed by atoms with E-state index in [1.54, 1.807) is 0 Å². The minimum atomic E-state index is -0.545. The normalized spacial score (nSPS) is 20.3. The van der Waals surface area contributed by atoms with E-state index in [1.165, 1.54) is 0 Å². The van der Waals surface area contributed by atoms with Crippen molar-refractivity contribution in [1.82, 2.24) is 5.32 Å². The van der Waals surface area contributed by atoms with Gasteiger partial charge in [0.2, 0.25) is 0 Å². The van der Waals surface area contributed by atoms with E-state index in [1.807, 2.05) is 63.3 Å². The number of esters is 1. The van der Waals surface area contributed by atoms with Crippen LogP contribution in [0.2, 0.25) is 0 Å². The van der Waals surface area contributed by atoms with Crippen LogP contribution in [-0.2, 0) is 20.9 Å². The topological polar surface area (TPSA) is 64.6 Å². The molecule has 2 atom stereocenters. The van der Waals surface area contributed by atoms with Crippen LogP contribution in [0.1, 0.15) is 39.2 Å². The highest BCUT2D eigenvalue weighted by Gasteiger charge is 2.33. The van der Waals surface area contributed by atoms with Crippen LogP contribution >= 0.6 is 0 Å². The van der Waals surface area contributed by atoms with Crippen LogP contribution in [0.15, 0.2) is 42.5 Å². The smallest absolute Gasteiger partial charge is 0.407 e. The molecular formula is C19H25NO4. The molecule has 1 aliphatic rings. The van der Waals surface area contributed by atoms with Gasteiger partial charge in [-0.25, -0.2) is 4.79 Å². The molecule has 2 rings (SSSR count). The lowest BCUT2D eigenvalue weighted by molar-refractivity contribution is -0.161. The fourth-order valence-corrected chi connectivity index (χ4v) is 2.53. The molecule has 0 spiro atoms. The lowest BCUT2D eigenvalue weighted by Crippen LogP contribution is -2.46. The molecule has 1 aliphatic carbocycles. The number of benzene rings is 1. The molecule has 1 aromatic carbocycles. The molecule has 24 heavy (non-hydrogen) atoms. The maximum atomic E-state index is 12.3. The molecule has 0 bridgehead atoms. The molecule has 0 radical (unpaired) electrons. The minimum absolute atomic E-state index is 0.201. The van der Waals surface area contributed by atoms with E-state index in [9.17, 15) is 9.59 Å². The van der Waals surface area contributed by atoms with Crippen LogP contribution in [0.5, 0.6) is 0 Å². The van der Waals surface area contributed by atoms with Crippen molar-refractivity contribution < 1.29 is 19.1 Å². The maximum absolute atomic E-state index is 12.3. The van der Waals surface area contributed by atoms with Crippen LogP contribution in [0.3, 0.4) is 0 Å². The van der Waals surface area contributed by atoms with Crippen molar-refractivity contribution in [3.8, 4) is 0 Å². The summed E-state index contributed by atoms with van der Waals surface area (Å²) < 4.78 is 10.7. The Hall–Kier alpha value is -2.30. The van der Waals surface area contributed by atoms with Crippen molar-refractivity contribution in [1.29, 1.82) is 0 Å². The molecule has 1 aromatic rings. The highest BCUT2D eigenvalue weighted by atomic mass is 16.6. The minimum Gasteiger partial charge on any atom is -0.460 e. The molecular weight excluding hydrogens is 306 g/mol. The van der Waals surface area contributed by atoms with Crippen molar-refractivity contribution in [3.05, 3.63) is 48.0 Å². The second-order valence-electron chi connectivity index (χ2n) is 6.90. The molecule has 5 heteroatoms. The second kappa shape index (κ2) is 7.99. The number of allylic oxidation sites excluding steroid dienone is 1. The molecule has 0 saturated carbocycles. The van der Waals surface area contributed by atoms with Crippen LogP contribution in [0, 0.1) is 5.92 Å². The average molecular weight is 331 g/mol. The van der Waals surface area contributed by atoms with Crippen LogP contribution < -0.4 is 5.32 Å². The number of carbonyl (C=O) groups excluding carboxylic acids is 2. The third kappa shape index (κ3) is 5.72. The number of amides is 1. The Morgan fingerprint density at radius 2 is 1.79 bits per heavy atom. The highest BCUT2D eigenvalue weighted by Crippen LogP contribution is 2.23. The van der Waals surface area contributed by atoms with E-state index in [0.717, 1.165) is 5.56 Å². The standard InChI is InChI=1S/C19H25NO4/c1-19(2,3)24-17(21)15-11-7-8-12-16(15)20-18(22)23-13-14-9-5-4-6-10-14/h4-10,15-16H,11-13H2,1-3H3,(H,20,22)/t15-,16-/m0/s1. The Labute approximate surface area is 143 Å². The Balaban J connectivity index is 1.89. The molecule has 5 nitrogen and oxygen atoms in total. The average Bonchev–Trinajstić information content (AvgIpc) is 2.53. The summed E-state index contributed by atoms with van der Waals surface area (Å²) in [7, 11) is 0. The van der Waals surface area contributed by atoms with Gasteiger partial charge in [0.15, 0.2) is 0 Å². The quantitative estimate of drug-likeness (QED) is 0.676. The van der Waals surface area contributed by atoms with Gasteiger partial charge in [-0.2, -0.15) is 0 Å². The van der Waals surface area contributed by atoms with Gasteiger partial charge in [-0.1, -0.05) is 42.5 Å². The number of ether oxygens (including phenoxy) is 2. The van der Waals surface area contributed by atoms with Crippen LogP contribution in [-0.4, -0.2) is 23.7 Å². The van der Waals surface area contributed by atoms with Gasteiger partial charge >= 0.3 is 12.1 Å². The molecule has 0 unspecified atom stereocenters. The number of alkyl carbamates (subject to hydrolysis) is 1. The molecule has 130 valence electrons. The van der Waals surface area contributed by atoms with Gasteiger partial charge in [-0.3, -0.25) is 4.79 Å². The predicted octanol–water partition coefficient (Wildman–Crippen LogP) is 3.59. The Bertz CT molecular complexity index is 589. The number of hydrogen-bond donors (Lipinski definition) is 1. The molecule has 1 amide bonds. The van der Waals surface area contributed by atoms with Gasteiger partial charge in [-0.05, 0) is 39.2 Å². The monoisotopic (exact) mass is 331 g/mol. The summed E-state index contributed by atoms with van der Waals surface area (Å²) in [6, 6.07) is 9.15. The van der Waals surface area contributed by atoms with Crippen LogP contribution in [0.4, 0.5) is 4.79 Å². The predicted molar refractivity (Wildman–Crippen MR) is 91.3 cm³/mol. The summed E-state index contributed by atoms with van der Waals surface area (Å²) in [5, 5.41) is 2.79. The zero-order valence-electron chi connectivity index (χ0n) is 14.5. The number of rotatable bonds is 4. The lowest BCUT2D eigenvalue weighted by atomic mass is 9.89. The van der Waals surface area contributed by atoms with E-state index in [2.05, 4.69) is 5.32 Å². The molecule has 1 N–H and O–H groups in total. The van der Waals surface area contributed by atoms with E-state index in [4.69, 9.17) is 9.47 Å². The number of carbonyl (C=O) groups is 2. The molecule has 0 heterocycles. The molecule has 0 saturated heterocycles. The lowest BCUT2D eigenvalue weighted by Gasteiger charge is -2.30. The third-order valence-electron chi connectivity index (χ3n) is 3.66. The molecule has 0 aromatic heterocycles. The Morgan fingerprint density at radius 1 is 1.12 bits per heavy atom. The van der Waals surface area contributed by atoms with Crippen molar-refractivity contribution in [2.45, 2.75) is 51.9 Å². The van der Waals surface area contributed by atoms with Gasteiger partial charge in [0, 0.05) is 6.04 Å². The van der Waals surface area contributed by atoms with Gasteiger partial charge in [0.1, 0.15) is 12.2 Å². The summed E-state index contributed by atoms with van der Waals surface area (Å²) in [5.74, 6) is -0.682. The molecule has 0 aliphatic heterocycles. The zero-order chi connectivity index (χ0) is 17.6. The van der Waals surface area contributed by atoms with E-state index in [-0.39, 0.29) is 18.6 Å². The fraction of sp³-hybridized carbons (Fsp3) is 0.474. The summed E-state index contributed by atoms with van der Waals surface area (Å²) in [4.78, 5) is 24.4. The van der Waals surface area contributed by atoms with E-state index in [0.29, 0.717) is 12.8 Å². The van der Waals surface area contributed by atoms with E-state index >= 15 is 0 Å². The largest absolute Gasteiger partial charge is 0.460 e.